The van der Waals surface area contributed by atoms with Gasteiger partial charge < -0.3 is 0 Å². The lowest BCUT2D eigenvalue weighted by Crippen LogP contribution is -2.21. The van der Waals surface area contributed by atoms with Crippen LogP contribution in [0.3, 0.4) is 0 Å². The second kappa shape index (κ2) is 8.07. The third kappa shape index (κ3) is 3.63. The van der Waals surface area contributed by atoms with Crippen molar-refractivity contribution < 1.29 is 9.18 Å². The molecule has 4 aromatic rings. The van der Waals surface area contributed by atoms with Gasteiger partial charge in [0.1, 0.15) is 5.82 Å². The molecule has 0 radical (unpaired) electrons. The maximum atomic E-state index is 13.5. The molecular weight excluding hydrogens is 403 g/mol. The van der Waals surface area contributed by atoms with E-state index in [1.807, 2.05) is 73.8 Å². The first-order chi connectivity index (χ1) is 15.6. The Balaban J connectivity index is 1.60. The van der Waals surface area contributed by atoms with Crippen LogP contribution in [0.2, 0.25) is 0 Å². The van der Waals surface area contributed by atoms with Gasteiger partial charge >= 0.3 is 0 Å². The van der Waals surface area contributed by atoms with Crippen LogP contribution in [0, 0.1) is 5.82 Å². The highest BCUT2D eigenvalue weighted by molar-refractivity contribution is 6.32. The first-order valence-corrected chi connectivity index (χ1v) is 10.2. The lowest BCUT2D eigenvalue weighted by atomic mass is 10.0. The summed E-state index contributed by atoms with van der Waals surface area (Å²) in [4.78, 5) is 13.2. The van der Waals surface area contributed by atoms with Gasteiger partial charge in [0.05, 0.1) is 28.4 Å². The van der Waals surface area contributed by atoms with Crippen LogP contribution in [0.4, 0.5) is 10.1 Å². The van der Waals surface area contributed by atoms with Crippen LogP contribution in [0.25, 0.3) is 23.0 Å². The molecule has 1 aliphatic rings. The Bertz CT molecular complexity index is 1340. The van der Waals surface area contributed by atoms with E-state index in [4.69, 9.17) is 5.10 Å². The van der Waals surface area contributed by atoms with E-state index in [1.54, 1.807) is 22.9 Å². The second-order valence-electron chi connectivity index (χ2n) is 7.42. The molecule has 0 fully saturated rings. The van der Waals surface area contributed by atoms with Gasteiger partial charge in [0, 0.05) is 17.3 Å². The number of hydrogen-bond donors (Lipinski definition) is 0. The molecule has 0 spiro atoms. The molecule has 1 amide bonds. The molecule has 0 saturated heterocycles. The van der Waals surface area contributed by atoms with E-state index in [0.717, 1.165) is 16.8 Å². The molecule has 5 rings (SSSR count). The molecule has 0 N–H and O–H groups in total. The van der Waals surface area contributed by atoms with Crippen molar-refractivity contribution in [2.75, 3.05) is 5.01 Å². The van der Waals surface area contributed by atoms with Gasteiger partial charge in [0.25, 0.3) is 5.91 Å². The first kappa shape index (κ1) is 19.6. The molecule has 1 aliphatic heterocycles. The van der Waals surface area contributed by atoms with E-state index >= 15 is 0 Å². The number of para-hydroxylation sites is 2. The number of rotatable bonds is 4. The number of nitrogens with zero attached hydrogens (tertiary/aromatic N) is 4. The molecule has 5 nitrogen and oxygen atoms in total. The number of aromatic nitrogens is 2. The number of carbonyl (C=O) groups is 1. The smallest absolute Gasteiger partial charge is 0.267 e. The van der Waals surface area contributed by atoms with E-state index in [1.165, 1.54) is 17.1 Å². The van der Waals surface area contributed by atoms with Crippen LogP contribution in [0.15, 0.2) is 102 Å². The Hall–Kier alpha value is -4.32. The fraction of sp³-hybridized carbons (Fsp3) is 0.0385. The molecule has 156 valence electrons. The summed E-state index contributed by atoms with van der Waals surface area (Å²) in [6, 6.07) is 25.2. The van der Waals surface area contributed by atoms with Crippen molar-refractivity contribution in [3.8, 4) is 16.9 Å². The van der Waals surface area contributed by atoms with Crippen molar-refractivity contribution in [3.63, 3.8) is 0 Å². The first-order valence-electron chi connectivity index (χ1n) is 10.2. The normalized spacial score (nSPS) is 14.8. The molecule has 0 saturated carbocycles. The molecule has 1 aromatic heterocycles. The SMILES string of the molecule is CC1=NN(c2ccccc2)C(=O)C1=Cc1cn(-c2ccccc2)nc1-c1ccc(F)cc1. The van der Waals surface area contributed by atoms with Gasteiger partial charge in [-0.1, -0.05) is 36.4 Å². The van der Waals surface area contributed by atoms with Gasteiger partial charge in [0.15, 0.2) is 0 Å². The quantitative estimate of drug-likeness (QED) is 0.409. The van der Waals surface area contributed by atoms with Crippen molar-refractivity contribution in [2.45, 2.75) is 6.92 Å². The summed E-state index contributed by atoms with van der Waals surface area (Å²) >= 11 is 0. The van der Waals surface area contributed by atoms with E-state index < -0.39 is 0 Å². The standard InChI is InChI=1S/C26H19FN4O/c1-18-24(26(32)31(28-18)23-10-6-3-7-11-23)16-20-17-30(22-8-4-2-5-9-22)29-25(20)19-12-14-21(27)15-13-19/h2-17H,1H3. The minimum Gasteiger partial charge on any atom is -0.267 e. The third-order valence-electron chi connectivity index (χ3n) is 5.24. The monoisotopic (exact) mass is 422 g/mol. The second-order valence-corrected chi connectivity index (χ2v) is 7.42. The molecule has 0 unspecified atom stereocenters. The topological polar surface area (TPSA) is 50.5 Å². The summed E-state index contributed by atoms with van der Waals surface area (Å²) in [5, 5.41) is 10.6. The molecule has 6 heteroatoms. The summed E-state index contributed by atoms with van der Waals surface area (Å²) in [5.41, 5.74) is 4.86. The lowest BCUT2D eigenvalue weighted by molar-refractivity contribution is -0.114. The van der Waals surface area contributed by atoms with Crippen LogP contribution in [-0.4, -0.2) is 21.4 Å². The van der Waals surface area contributed by atoms with Gasteiger partial charge in [-0.05, 0) is 61.5 Å². The number of halogens is 1. The highest BCUT2D eigenvalue weighted by atomic mass is 19.1. The highest BCUT2D eigenvalue weighted by Gasteiger charge is 2.29. The average molecular weight is 422 g/mol. The Morgan fingerprint density at radius 2 is 1.47 bits per heavy atom. The van der Waals surface area contributed by atoms with E-state index in [2.05, 4.69) is 5.10 Å². The minimum absolute atomic E-state index is 0.203. The van der Waals surface area contributed by atoms with Crippen LogP contribution in [0.5, 0.6) is 0 Å². The van der Waals surface area contributed by atoms with E-state index in [-0.39, 0.29) is 11.7 Å². The number of benzene rings is 3. The van der Waals surface area contributed by atoms with Crippen LogP contribution in [0.1, 0.15) is 12.5 Å². The van der Waals surface area contributed by atoms with Crippen LogP contribution in [-0.2, 0) is 4.79 Å². The maximum absolute atomic E-state index is 13.5. The predicted molar refractivity (Wildman–Crippen MR) is 124 cm³/mol. The van der Waals surface area contributed by atoms with Crippen molar-refractivity contribution in [2.24, 2.45) is 5.10 Å². The molecule has 0 aliphatic carbocycles. The summed E-state index contributed by atoms with van der Waals surface area (Å²) in [6.45, 7) is 1.81. The highest BCUT2D eigenvalue weighted by Crippen LogP contribution is 2.29. The summed E-state index contributed by atoms with van der Waals surface area (Å²) in [6.07, 6.45) is 3.67. The Labute approximate surface area is 184 Å². The summed E-state index contributed by atoms with van der Waals surface area (Å²) in [7, 11) is 0. The van der Waals surface area contributed by atoms with E-state index in [9.17, 15) is 9.18 Å². The number of hydrazone groups is 1. The molecule has 32 heavy (non-hydrogen) atoms. The van der Waals surface area contributed by atoms with Crippen molar-refractivity contribution in [1.82, 2.24) is 9.78 Å². The van der Waals surface area contributed by atoms with Crippen molar-refractivity contribution in [1.29, 1.82) is 0 Å². The molecule has 3 aromatic carbocycles. The number of amides is 1. The average Bonchev–Trinajstić information content (AvgIpc) is 3.37. The fourth-order valence-corrected chi connectivity index (χ4v) is 3.62. The van der Waals surface area contributed by atoms with Gasteiger partial charge in [0.2, 0.25) is 0 Å². The predicted octanol–water partition coefficient (Wildman–Crippen LogP) is 5.48. The number of hydrogen-bond acceptors (Lipinski definition) is 3. The zero-order valence-electron chi connectivity index (χ0n) is 17.3. The van der Waals surface area contributed by atoms with E-state index in [0.29, 0.717) is 22.7 Å². The maximum Gasteiger partial charge on any atom is 0.280 e. The van der Waals surface area contributed by atoms with Gasteiger partial charge in [-0.15, -0.1) is 0 Å². The number of anilines is 1. The summed E-state index contributed by atoms with van der Waals surface area (Å²) in [5.74, 6) is -0.519. The molecule has 2 heterocycles. The largest absolute Gasteiger partial charge is 0.280 e. The lowest BCUT2D eigenvalue weighted by Gasteiger charge is -2.11. The van der Waals surface area contributed by atoms with Crippen molar-refractivity contribution >= 4 is 23.4 Å². The van der Waals surface area contributed by atoms with Gasteiger partial charge in [-0.25, -0.2) is 9.07 Å². The number of carbonyl (C=O) groups excluding carboxylic acids is 1. The van der Waals surface area contributed by atoms with Crippen LogP contribution >= 0.6 is 0 Å². The molecule has 0 bridgehead atoms. The van der Waals surface area contributed by atoms with Gasteiger partial charge in [-0.3, -0.25) is 4.79 Å². The molecule has 0 atom stereocenters. The van der Waals surface area contributed by atoms with Crippen molar-refractivity contribution in [3.05, 3.63) is 108 Å². The Kier molecular flexibility index (Phi) is 4.95. The fourth-order valence-electron chi connectivity index (χ4n) is 3.62. The minimum atomic E-state index is -0.316. The molecular formula is C26H19FN4O. The summed E-state index contributed by atoms with van der Waals surface area (Å²) < 4.78 is 15.3. The van der Waals surface area contributed by atoms with Gasteiger partial charge in [-0.2, -0.15) is 15.2 Å². The van der Waals surface area contributed by atoms with Crippen LogP contribution < -0.4 is 5.01 Å². The Morgan fingerprint density at radius 1 is 0.844 bits per heavy atom. The Morgan fingerprint density at radius 3 is 2.12 bits per heavy atom. The third-order valence-corrected chi connectivity index (χ3v) is 5.24. The zero-order valence-corrected chi connectivity index (χ0v) is 17.3. The zero-order chi connectivity index (χ0) is 22.1.